The van der Waals surface area contributed by atoms with Crippen molar-refractivity contribution in [2.24, 2.45) is 0 Å². The Balaban J connectivity index is 1.67. The molecule has 0 amide bonds. The van der Waals surface area contributed by atoms with Crippen LogP contribution in [0.25, 0.3) is 11.1 Å². The highest BCUT2D eigenvalue weighted by molar-refractivity contribution is 5.85. The highest BCUT2D eigenvalue weighted by atomic mass is 16.5. The molecule has 0 spiro atoms. The van der Waals surface area contributed by atoms with Crippen LogP contribution in [0.15, 0.2) is 51.7 Å². The van der Waals surface area contributed by atoms with E-state index in [9.17, 15) is 4.79 Å². The first-order chi connectivity index (χ1) is 10.6. The van der Waals surface area contributed by atoms with E-state index in [1.165, 1.54) is 0 Å². The van der Waals surface area contributed by atoms with Crippen LogP contribution in [-0.4, -0.2) is 11.2 Å². The van der Waals surface area contributed by atoms with Crippen molar-refractivity contribution >= 4 is 16.8 Å². The van der Waals surface area contributed by atoms with Gasteiger partial charge in [-0.3, -0.25) is 4.57 Å². The van der Waals surface area contributed by atoms with Crippen molar-refractivity contribution in [1.82, 2.24) is 4.57 Å². The summed E-state index contributed by atoms with van der Waals surface area (Å²) in [6.07, 6.45) is 0.691. The largest absolute Gasteiger partial charge is 0.494 e. The summed E-state index contributed by atoms with van der Waals surface area (Å²) in [4.78, 5) is 11.9. The zero-order chi connectivity index (χ0) is 15.5. The molecule has 5 nitrogen and oxygen atoms in total. The second kappa shape index (κ2) is 5.97. The number of anilines is 1. The maximum absolute atomic E-state index is 11.9. The Morgan fingerprint density at radius 2 is 2.05 bits per heavy atom. The maximum Gasteiger partial charge on any atom is 0.420 e. The SMILES string of the molecule is Cc1cccc(OCCCn2c(=O)oc3cccc(N)c32)c1. The molecule has 1 heterocycles. The Morgan fingerprint density at radius 1 is 1.23 bits per heavy atom. The fourth-order valence-corrected chi connectivity index (χ4v) is 2.47. The number of aryl methyl sites for hydroxylation is 2. The first-order valence-electron chi connectivity index (χ1n) is 7.22. The number of fused-ring (bicyclic) bond motifs is 1. The molecule has 22 heavy (non-hydrogen) atoms. The number of aromatic nitrogens is 1. The quantitative estimate of drug-likeness (QED) is 0.580. The van der Waals surface area contributed by atoms with Crippen LogP contribution in [0.1, 0.15) is 12.0 Å². The third kappa shape index (κ3) is 2.83. The molecule has 1 aromatic heterocycles. The van der Waals surface area contributed by atoms with Gasteiger partial charge in [0, 0.05) is 6.54 Å². The summed E-state index contributed by atoms with van der Waals surface area (Å²) in [5.74, 6) is 0.451. The van der Waals surface area contributed by atoms with Gasteiger partial charge in [-0.15, -0.1) is 0 Å². The molecule has 2 aromatic carbocycles. The molecule has 0 bridgehead atoms. The molecule has 114 valence electrons. The summed E-state index contributed by atoms with van der Waals surface area (Å²) >= 11 is 0. The smallest absolute Gasteiger partial charge is 0.420 e. The van der Waals surface area contributed by atoms with E-state index in [0.717, 1.165) is 11.3 Å². The molecule has 0 radical (unpaired) electrons. The third-order valence-electron chi connectivity index (χ3n) is 3.50. The van der Waals surface area contributed by atoms with E-state index in [0.29, 0.717) is 36.4 Å². The molecule has 0 aliphatic heterocycles. The van der Waals surface area contributed by atoms with Crippen LogP contribution in [-0.2, 0) is 6.54 Å². The zero-order valence-electron chi connectivity index (χ0n) is 12.4. The lowest BCUT2D eigenvalue weighted by Crippen LogP contribution is -2.16. The first kappa shape index (κ1) is 14.3. The average molecular weight is 298 g/mol. The topological polar surface area (TPSA) is 70.4 Å². The summed E-state index contributed by atoms with van der Waals surface area (Å²) < 4.78 is 12.4. The molecular formula is C17H18N2O3. The summed E-state index contributed by atoms with van der Waals surface area (Å²) in [5.41, 5.74) is 8.80. The molecule has 0 saturated heterocycles. The second-order valence-electron chi connectivity index (χ2n) is 5.23. The first-order valence-corrected chi connectivity index (χ1v) is 7.22. The number of hydrogen-bond acceptors (Lipinski definition) is 4. The van der Waals surface area contributed by atoms with Gasteiger partial charge in [0.2, 0.25) is 0 Å². The number of ether oxygens (including phenoxy) is 1. The lowest BCUT2D eigenvalue weighted by Gasteiger charge is -2.07. The number of nitrogen functional groups attached to an aromatic ring is 1. The molecule has 5 heteroatoms. The fourth-order valence-electron chi connectivity index (χ4n) is 2.47. The maximum atomic E-state index is 11.9. The molecule has 0 fully saturated rings. The van der Waals surface area contributed by atoms with Gasteiger partial charge < -0.3 is 14.9 Å². The summed E-state index contributed by atoms with van der Waals surface area (Å²) in [5, 5.41) is 0. The van der Waals surface area contributed by atoms with Gasteiger partial charge in [-0.05, 0) is 43.2 Å². The van der Waals surface area contributed by atoms with Gasteiger partial charge in [-0.1, -0.05) is 18.2 Å². The average Bonchev–Trinajstić information content (AvgIpc) is 2.81. The summed E-state index contributed by atoms with van der Waals surface area (Å²) in [6, 6.07) is 13.2. The number of para-hydroxylation sites is 1. The number of nitrogens with two attached hydrogens (primary N) is 1. The second-order valence-corrected chi connectivity index (χ2v) is 5.23. The third-order valence-corrected chi connectivity index (χ3v) is 3.50. The standard InChI is InChI=1S/C17H18N2O3/c1-12-5-2-6-13(11-12)21-10-4-9-19-16-14(18)7-3-8-15(16)22-17(19)20/h2-3,5-8,11H,4,9-10,18H2,1H3. The predicted octanol–water partition coefficient (Wildman–Crippen LogP) is 2.95. The van der Waals surface area contributed by atoms with Gasteiger partial charge >= 0.3 is 5.76 Å². The van der Waals surface area contributed by atoms with Crippen LogP contribution < -0.4 is 16.2 Å². The summed E-state index contributed by atoms with van der Waals surface area (Å²) in [6.45, 7) is 3.05. The molecule has 0 aliphatic carbocycles. The van der Waals surface area contributed by atoms with Gasteiger partial charge in [-0.25, -0.2) is 4.79 Å². The lowest BCUT2D eigenvalue weighted by atomic mass is 10.2. The van der Waals surface area contributed by atoms with Crippen LogP contribution in [0, 0.1) is 6.92 Å². The van der Waals surface area contributed by atoms with E-state index in [1.54, 1.807) is 22.8 Å². The van der Waals surface area contributed by atoms with Gasteiger partial charge in [0.15, 0.2) is 5.58 Å². The molecule has 3 aromatic rings. The van der Waals surface area contributed by atoms with Crippen molar-refractivity contribution in [3.8, 4) is 5.75 Å². The normalized spacial score (nSPS) is 11.0. The van der Waals surface area contributed by atoms with Crippen LogP contribution in [0.3, 0.4) is 0 Å². The van der Waals surface area contributed by atoms with E-state index in [4.69, 9.17) is 14.9 Å². The number of nitrogens with zero attached hydrogens (tertiary/aromatic N) is 1. The number of benzene rings is 2. The van der Waals surface area contributed by atoms with E-state index in [2.05, 4.69) is 0 Å². The Hall–Kier alpha value is -2.69. The van der Waals surface area contributed by atoms with E-state index >= 15 is 0 Å². The Morgan fingerprint density at radius 3 is 2.86 bits per heavy atom. The minimum atomic E-state index is -0.386. The van der Waals surface area contributed by atoms with E-state index in [-0.39, 0.29) is 5.76 Å². The Labute approximate surface area is 127 Å². The van der Waals surface area contributed by atoms with Crippen LogP contribution in [0.5, 0.6) is 5.75 Å². The van der Waals surface area contributed by atoms with Crippen LogP contribution >= 0.6 is 0 Å². The van der Waals surface area contributed by atoms with Crippen LogP contribution in [0.4, 0.5) is 5.69 Å². The Bertz CT molecular complexity index is 848. The van der Waals surface area contributed by atoms with E-state index in [1.807, 2.05) is 31.2 Å². The Kier molecular flexibility index (Phi) is 3.87. The van der Waals surface area contributed by atoms with Gasteiger partial charge in [0.05, 0.1) is 12.3 Å². The monoisotopic (exact) mass is 298 g/mol. The minimum Gasteiger partial charge on any atom is -0.494 e. The van der Waals surface area contributed by atoms with Crippen molar-refractivity contribution in [3.05, 3.63) is 58.6 Å². The van der Waals surface area contributed by atoms with Crippen molar-refractivity contribution in [3.63, 3.8) is 0 Å². The number of hydrogen-bond donors (Lipinski definition) is 1. The van der Waals surface area contributed by atoms with Crippen molar-refractivity contribution in [2.45, 2.75) is 19.9 Å². The highest BCUT2D eigenvalue weighted by Gasteiger charge is 2.11. The molecule has 0 unspecified atom stereocenters. The molecule has 2 N–H and O–H groups in total. The van der Waals surface area contributed by atoms with Crippen molar-refractivity contribution in [2.75, 3.05) is 12.3 Å². The lowest BCUT2D eigenvalue weighted by molar-refractivity contribution is 0.300. The van der Waals surface area contributed by atoms with Crippen LogP contribution in [0.2, 0.25) is 0 Å². The highest BCUT2D eigenvalue weighted by Crippen LogP contribution is 2.20. The zero-order valence-corrected chi connectivity index (χ0v) is 12.4. The molecule has 0 aliphatic rings. The molecule has 0 atom stereocenters. The fraction of sp³-hybridized carbons (Fsp3) is 0.235. The minimum absolute atomic E-state index is 0.386. The van der Waals surface area contributed by atoms with Gasteiger partial charge in [-0.2, -0.15) is 0 Å². The molecular weight excluding hydrogens is 280 g/mol. The van der Waals surface area contributed by atoms with E-state index < -0.39 is 0 Å². The van der Waals surface area contributed by atoms with Crippen molar-refractivity contribution in [1.29, 1.82) is 0 Å². The van der Waals surface area contributed by atoms with Crippen molar-refractivity contribution < 1.29 is 9.15 Å². The van der Waals surface area contributed by atoms with Gasteiger partial charge in [0.1, 0.15) is 11.3 Å². The molecule has 0 saturated carbocycles. The number of oxazole rings is 1. The summed E-state index contributed by atoms with van der Waals surface area (Å²) in [7, 11) is 0. The predicted molar refractivity (Wildman–Crippen MR) is 86.2 cm³/mol. The number of rotatable bonds is 5. The van der Waals surface area contributed by atoms with Gasteiger partial charge in [0.25, 0.3) is 0 Å². The molecule has 3 rings (SSSR count).